The molecular formula is C26H23ClFN3O. The number of nitriles is 1. The molecule has 4 rings (SSSR count). The Morgan fingerprint density at radius 3 is 2.44 bits per heavy atom. The third-order valence-corrected chi connectivity index (χ3v) is 6.16. The van der Waals surface area contributed by atoms with Crippen LogP contribution in [0.15, 0.2) is 72.8 Å². The number of halogens is 2. The lowest BCUT2D eigenvalue weighted by atomic mass is 9.92. The third-order valence-electron chi connectivity index (χ3n) is 5.91. The number of amides is 1. The predicted molar refractivity (Wildman–Crippen MR) is 124 cm³/mol. The molecule has 1 amide bonds. The molecule has 1 fully saturated rings. The molecule has 0 unspecified atom stereocenters. The molecule has 1 N–H and O–H groups in total. The van der Waals surface area contributed by atoms with Gasteiger partial charge in [-0.15, -0.1) is 0 Å². The summed E-state index contributed by atoms with van der Waals surface area (Å²) in [5.41, 5.74) is 2.53. The van der Waals surface area contributed by atoms with Crippen molar-refractivity contribution in [1.82, 2.24) is 5.32 Å². The quantitative estimate of drug-likeness (QED) is 0.544. The van der Waals surface area contributed by atoms with Crippen molar-refractivity contribution < 1.29 is 9.18 Å². The van der Waals surface area contributed by atoms with E-state index < -0.39 is 11.6 Å². The van der Waals surface area contributed by atoms with E-state index in [9.17, 15) is 14.4 Å². The van der Waals surface area contributed by atoms with Gasteiger partial charge < -0.3 is 4.90 Å². The van der Waals surface area contributed by atoms with Gasteiger partial charge in [0, 0.05) is 16.2 Å². The van der Waals surface area contributed by atoms with Crippen molar-refractivity contribution >= 4 is 23.2 Å². The van der Waals surface area contributed by atoms with E-state index in [1.165, 1.54) is 12.1 Å². The second-order valence-corrected chi connectivity index (χ2v) is 8.94. The Labute approximate surface area is 192 Å². The maximum Gasteiger partial charge on any atom is 0.244 e. The highest BCUT2D eigenvalue weighted by Gasteiger charge is 2.43. The van der Waals surface area contributed by atoms with Crippen LogP contribution in [-0.4, -0.2) is 11.9 Å². The van der Waals surface area contributed by atoms with Crippen molar-refractivity contribution in [2.75, 3.05) is 4.90 Å². The van der Waals surface area contributed by atoms with E-state index in [0.717, 1.165) is 16.8 Å². The van der Waals surface area contributed by atoms with Crippen molar-refractivity contribution in [2.24, 2.45) is 0 Å². The minimum absolute atomic E-state index is 0.0603. The van der Waals surface area contributed by atoms with Gasteiger partial charge in [-0.25, -0.2) is 4.39 Å². The SMILES string of the molecule is CC(C)(N[C@@H]1C[C@H](c2cccc(C#N)c2)N(c2ccc(Cl)cc2)C1=O)c1ccc(F)cc1. The van der Waals surface area contributed by atoms with Crippen LogP contribution in [0.3, 0.4) is 0 Å². The highest BCUT2D eigenvalue weighted by molar-refractivity contribution is 6.30. The first-order chi connectivity index (χ1) is 15.3. The summed E-state index contributed by atoms with van der Waals surface area (Å²) in [6.45, 7) is 3.95. The molecule has 1 heterocycles. The van der Waals surface area contributed by atoms with Crippen LogP contribution < -0.4 is 10.2 Å². The smallest absolute Gasteiger partial charge is 0.244 e. The lowest BCUT2D eigenvalue weighted by Crippen LogP contribution is -2.47. The Balaban J connectivity index is 1.69. The summed E-state index contributed by atoms with van der Waals surface area (Å²) in [6, 6.07) is 22.3. The zero-order valence-corrected chi connectivity index (χ0v) is 18.6. The molecule has 0 radical (unpaired) electrons. The number of carbonyl (C=O) groups excluding carboxylic acids is 1. The predicted octanol–water partition coefficient (Wildman–Crippen LogP) is 5.72. The number of benzene rings is 3. The van der Waals surface area contributed by atoms with E-state index in [4.69, 9.17) is 11.6 Å². The maximum atomic E-state index is 13.6. The van der Waals surface area contributed by atoms with E-state index in [1.807, 2.05) is 44.2 Å². The molecule has 0 spiro atoms. The Kier molecular flexibility index (Phi) is 6.01. The number of nitrogens with one attached hydrogen (secondary N) is 1. The number of hydrogen-bond acceptors (Lipinski definition) is 3. The summed E-state index contributed by atoms with van der Waals surface area (Å²) in [5, 5.41) is 13.4. The first kappa shape index (κ1) is 22.0. The Morgan fingerprint density at radius 1 is 1.09 bits per heavy atom. The van der Waals surface area contributed by atoms with Crippen LogP contribution in [0.2, 0.25) is 5.02 Å². The van der Waals surface area contributed by atoms with Crippen LogP contribution in [0.25, 0.3) is 0 Å². The van der Waals surface area contributed by atoms with Gasteiger partial charge in [-0.1, -0.05) is 35.9 Å². The second kappa shape index (κ2) is 8.74. The molecule has 1 saturated heterocycles. The largest absolute Gasteiger partial charge is 0.304 e. The summed E-state index contributed by atoms with van der Waals surface area (Å²) in [4.78, 5) is 15.4. The van der Waals surface area contributed by atoms with Crippen LogP contribution in [-0.2, 0) is 10.3 Å². The van der Waals surface area contributed by atoms with Crippen molar-refractivity contribution in [3.63, 3.8) is 0 Å². The van der Waals surface area contributed by atoms with Gasteiger partial charge in [0.05, 0.1) is 23.7 Å². The second-order valence-electron chi connectivity index (χ2n) is 8.50. The van der Waals surface area contributed by atoms with Crippen LogP contribution in [0.5, 0.6) is 0 Å². The monoisotopic (exact) mass is 447 g/mol. The van der Waals surface area contributed by atoms with Crippen LogP contribution in [0, 0.1) is 17.1 Å². The average molecular weight is 448 g/mol. The fourth-order valence-electron chi connectivity index (χ4n) is 4.27. The van der Waals surface area contributed by atoms with Gasteiger partial charge in [0.25, 0.3) is 0 Å². The zero-order chi connectivity index (χ0) is 22.9. The molecular weight excluding hydrogens is 425 g/mol. The molecule has 1 aliphatic heterocycles. The molecule has 4 nitrogen and oxygen atoms in total. The van der Waals surface area contributed by atoms with E-state index in [0.29, 0.717) is 17.0 Å². The fraction of sp³-hybridized carbons (Fsp3) is 0.231. The molecule has 0 aliphatic carbocycles. The Bertz CT molecular complexity index is 1170. The standard InChI is InChI=1S/C26H23ClFN3O/c1-26(2,19-6-10-21(28)11-7-19)30-23-15-24(18-5-3-4-17(14-18)16-29)31(25(23)32)22-12-8-20(27)9-13-22/h3-14,23-24,30H,15H2,1-2H3/t23-,24-/m1/s1. The average Bonchev–Trinajstić information content (AvgIpc) is 3.10. The summed E-state index contributed by atoms with van der Waals surface area (Å²) in [7, 11) is 0. The lowest BCUT2D eigenvalue weighted by molar-refractivity contribution is -0.119. The first-order valence-corrected chi connectivity index (χ1v) is 10.8. The van der Waals surface area contributed by atoms with Crippen molar-refractivity contribution in [3.05, 3.63) is 100 Å². The van der Waals surface area contributed by atoms with E-state index in [1.54, 1.807) is 35.2 Å². The van der Waals surface area contributed by atoms with Crippen molar-refractivity contribution in [1.29, 1.82) is 5.26 Å². The fourth-order valence-corrected chi connectivity index (χ4v) is 4.39. The highest BCUT2D eigenvalue weighted by atomic mass is 35.5. The van der Waals surface area contributed by atoms with Gasteiger partial charge in [0.2, 0.25) is 5.91 Å². The van der Waals surface area contributed by atoms with E-state index in [-0.39, 0.29) is 17.8 Å². The molecule has 6 heteroatoms. The van der Waals surface area contributed by atoms with Gasteiger partial charge in [-0.3, -0.25) is 10.1 Å². The summed E-state index contributed by atoms with van der Waals surface area (Å²) in [5.74, 6) is -0.359. The molecule has 32 heavy (non-hydrogen) atoms. The molecule has 162 valence electrons. The normalized spacial score (nSPS) is 18.6. The molecule has 0 aromatic heterocycles. The van der Waals surface area contributed by atoms with Crippen LogP contribution >= 0.6 is 11.6 Å². The molecule has 0 bridgehead atoms. The van der Waals surface area contributed by atoms with Gasteiger partial charge >= 0.3 is 0 Å². The molecule has 2 atom stereocenters. The third kappa shape index (κ3) is 4.38. The van der Waals surface area contributed by atoms with Gasteiger partial charge in [0.1, 0.15) is 5.82 Å². The van der Waals surface area contributed by atoms with Gasteiger partial charge in [-0.05, 0) is 79.9 Å². The summed E-state index contributed by atoms with van der Waals surface area (Å²) in [6.07, 6.45) is 0.529. The Hall–Kier alpha value is -3.20. The van der Waals surface area contributed by atoms with Gasteiger partial charge in [0.15, 0.2) is 0 Å². The number of hydrogen-bond donors (Lipinski definition) is 1. The van der Waals surface area contributed by atoms with E-state index in [2.05, 4.69) is 11.4 Å². The number of carbonyl (C=O) groups is 1. The summed E-state index contributed by atoms with van der Waals surface area (Å²) < 4.78 is 13.4. The molecule has 3 aromatic rings. The minimum atomic E-state index is -0.552. The topological polar surface area (TPSA) is 56.1 Å². The number of anilines is 1. The number of rotatable bonds is 5. The zero-order valence-electron chi connectivity index (χ0n) is 17.8. The molecule has 0 saturated carbocycles. The first-order valence-electron chi connectivity index (χ1n) is 10.4. The Morgan fingerprint density at radius 2 is 1.78 bits per heavy atom. The minimum Gasteiger partial charge on any atom is -0.304 e. The van der Waals surface area contributed by atoms with E-state index >= 15 is 0 Å². The highest BCUT2D eigenvalue weighted by Crippen LogP contribution is 2.39. The van der Waals surface area contributed by atoms with Crippen molar-refractivity contribution in [3.8, 4) is 6.07 Å². The summed E-state index contributed by atoms with van der Waals surface area (Å²) >= 11 is 6.06. The lowest BCUT2D eigenvalue weighted by Gasteiger charge is -2.30. The van der Waals surface area contributed by atoms with Crippen molar-refractivity contribution in [2.45, 2.75) is 37.9 Å². The van der Waals surface area contributed by atoms with Crippen LogP contribution in [0.1, 0.15) is 43.0 Å². The maximum absolute atomic E-state index is 13.6. The van der Waals surface area contributed by atoms with Gasteiger partial charge in [-0.2, -0.15) is 5.26 Å². The molecule has 1 aliphatic rings. The molecule has 3 aromatic carbocycles. The number of nitrogens with zero attached hydrogens (tertiary/aromatic N) is 2. The van der Waals surface area contributed by atoms with Crippen LogP contribution in [0.4, 0.5) is 10.1 Å².